The summed E-state index contributed by atoms with van der Waals surface area (Å²) >= 11 is 0. The molecule has 2 aliphatic rings. The van der Waals surface area contributed by atoms with E-state index in [1.807, 2.05) is 50.2 Å². The van der Waals surface area contributed by atoms with E-state index in [-0.39, 0.29) is 11.8 Å². The molecule has 31 heavy (non-hydrogen) atoms. The Labute approximate surface area is 180 Å². The van der Waals surface area contributed by atoms with Gasteiger partial charge in [-0.2, -0.15) is 0 Å². The summed E-state index contributed by atoms with van der Waals surface area (Å²) in [6, 6.07) is 16.9. The van der Waals surface area contributed by atoms with Gasteiger partial charge in [-0.05, 0) is 55.3 Å². The average Bonchev–Trinajstić information content (AvgIpc) is 3.05. The largest absolute Gasteiger partial charge is 0.493 e. The summed E-state index contributed by atoms with van der Waals surface area (Å²) in [5.41, 5.74) is 5.07. The van der Waals surface area contributed by atoms with E-state index in [1.165, 1.54) is 14.2 Å². The van der Waals surface area contributed by atoms with Crippen molar-refractivity contribution in [2.75, 3.05) is 24.0 Å². The van der Waals surface area contributed by atoms with Crippen molar-refractivity contribution in [2.45, 2.75) is 20.0 Å². The molecule has 3 aromatic rings. The first-order valence-corrected chi connectivity index (χ1v) is 10.1. The lowest BCUT2D eigenvalue weighted by atomic mass is 10.0. The van der Waals surface area contributed by atoms with Crippen LogP contribution in [0.5, 0.6) is 11.5 Å². The third-order valence-corrected chi connectivity index (χ3v) is 5.88. The molecular weight excluding hydrogens is 392 g/mol. The maximum absolute atomic E-state index is 13.7. The van der Waals surface area contributed by atoms with Crippen LogP contribution >= 0.6 is 0 Å². The van der Waals surface area contributed by atoms with Crippen molar-refractivity contribution in [3.05, 3.63) is 82.4 Å². The minimum Gasteiger partial charge on any atom is -0.493 e. The molecule has 2 amide bonds. The second-order valence-electron chi connectivity index (χ2n) is 7.85. The van der Waals surface area contributed by atoms with Crippen molar-refractivity contribution in [1.82, 2.24) is 0 Å². The Kier molecular flexibility index (Phi) is 4.25. The van der Waals surface area contributed by atoms with Crippen LogP contribution in [0.2, 0.25) is 0 Å². The number of amides is 2. The van der Waals surface area contributed by atoms with Gasteiger partial charge in [0.1, 0.15) is 6.17 Å². The minimum atomic E-state index is -0.606. The third kappa shape index (κ3) is 2.64. The van der Waals surface area contributed by atoms with Crippen LogP contribution in [0.15, 0.2) is 54.6 Å². The molecular formula is C25H22N2O4. The maximum atomic E-state index is 13.7. The Bertz CT molecular complexity index is 1230. The number of para-hydroxylation sites is 1. The predicted octanol–water partition coefficient (Wildman–Crippen LogP) is 4.64. The van der Waals surface area contributed by atoms with Crippen LogP contribution in [-0.4, -0.2) is 26.0 Å². The lowest BCUT2D eigenvalue weighted by Gasteiger charge is -2.41. The SMILES string of the molecule is COc1ccc2c(c1OC)C(=O)N1c3ccccc3C(=O)N(c3cc(C)cc(C)c3)[C@@H]21. The van der Waals surface area contributed by atoms with Crippen LogP contribution in [0.25, 0.3) is 0 Å². The number of benzene rings is 3. The highest BCUT2D eigenvalue weighted by Crippen LogP contribution is 2.50. The van der Waals surface area contributed by atoms with E-state index < -0.39 is 6.17 Å². The summed E-state index contributed by atoms with van der Waals surface area (Å²) in [6.45, 7) is 4.00. The molecule has 0 radical (unpaired) electrons. The van der Waals surface area contributed by atoms with E-state index >= 15 is 0 Å². The summed E-state index contributed by atoms with van der Waals surface area (Å²) in [7, 11) is 3.06. The van der Waals surface area contributed by atoms with Crippen molar-refractivity contribution < 1.29 is 19.1 Å². The van der Waals surface area contributed by atoms with Gasteiger partial charge in [0.05, 0.1) is 31.0 Å². The van der Waals surface area contributed by atoms with Gasteiger partial charge in [0, 0.05) is 11.3 Å². The highest BCUT2D eigenvalue weighted by molar-refractivity contribution is 6.22. The number of anilines is 2. The van der Waals surface area contributed by atoms with Gasteiger partial charge in [0.2, 0.25) is 0 Å². The Hall–Kier alpha value is -3.80. The van der Waals surface area contributed by atoms with E-state index in [2.05, 4.69) is 6.07 Å². The Balaban J connectivity index is 1.82. The molecule has 3 aromatic carbocycles. The second kappa shape index (κ2) is 6.87. The number of fused-ring (bicyclic) bond motifs is 5. The number of hydrogen-bond acceptors (Lipinski definition) is 4. The summed E-state index contributed by atoms with van der Waals surface area (Å²) in [4.78, 5) is 30.8. The fourth-order valence-electron chi connectivity index (χ4n) is 4.70. The zero-order valence-electron chi connectivity index (χ0n) is 17.8. The van der Waals surface area contributed by atoms with Gasteiger partial charge in [0.15, 0.2) is 11.5 Å². The lowest BCUT2D eigenvalue weighted by molar-refractivity contribution is 0.0948. The fraction of sp³-hybridized carbons (Fsp3) is 0.200. The molecule has 0 aliphatic carbocycles. The fourth-order valence-corrected chi connectivity index (χ4v) is 4.70. The topological polar surface area (TPSA) is 59.1 Å². The van der Waals surface area contributed by atoms with Crippen LogP contribution in [0, 0.1) is 13.8 Å². The Morgan fingerprint density at radius 1 is 0.806 bits per heavy atom. The molecule has 0 unspecified atom stereocenters. The van der Waals surface area contributed by atoms with Gasteiger partial charge >= 0.3 is 0 Å². The molecule has 0 saturated heterocycles. The summed E-state index contributed by atoms with van der Waals surface area (Å²) in [6.07, 6.45) is -0.606. The molecule has 1 atom stereocenters. The third-order valence-electron chi connectivity index (χ3n) is 5.88. The van der Waals surface area contributed by atoms with E-state index in [4.69, 9.17) is 9.47 Å². The zero-order valence-corrected chi connectivity index (χ0v) is 17.8. The number of carbonyl (C=O) groups excluding carboxylic acids is 2. The van der Waals surface area contributed by atoms with E-state index in [0.717, 1.165) is 16.8 Å². The molecule has 6 nitrogen and oxygen atoms in total. The van der Waals surface area contributed by atoms with Crippen molar-refractivity contribution in [2.24, 2.45) is 0 Å². The van der Waals surface area contributed by atoms with Gasteiger partial charge in [-0.3, -0.25) is 19.4 Å². The monoisotopic (exact) mass is 414 g/mol. The van der Waals surface area contributed by atoms with E-state index in [9.17, 15) is 9.59 Å². The molecule has 156 valence electrons. The van der Waals surface area contributed by atoms with E-state index in [0.29, 0.717) is 33.9 Å². The molecule has 0 aromatic heterocycles. The number of ether oxygens (including phenoxy) is 2. The van der Waals surface area contributed by atoms with Crippen molar-refractivity contribution >= 4 is 23.2 Å². The number of methoxy groups -OCH3 is 2. The average molecular weight is 414 g/mol. The van der Waals surface area contributed by atoms with E-state index in [1.54, 1.807) is 21.9 Å². The van der Waals surface area contributed by atoms with Crippen LogP contribution in [0.3, 0.4) is 0 Å². The Morgan fingerprint density at radius 2 is 1.52 bits per heavy atom. The number of hydrogen-bond donors (Lipinski definition) is 0. The minimum absolute atomic E-state index is 0.141. The molecule has 5 rings (SSSR count). The first kappa shape index (κ1) is 19.2. The van der Waals surface area contributed by atoms with Crippen molar-refractivity contribution in [1.29, 1.82) is 0 Å². The summed E-state index contributed by atoms with van der Waals surface area (Å²) < 4.78 is 11.0. The number of carbonyl (C=O) groups is 2. The molecule has 0 saturated carbocycles. The van der Waals surface area contributed by atoms with Gasteiger partial charge in [-0.25, -0.2) is 0 Å². The highest BCUT2D eigenvalue weighted by Gasteiger charge is 2.50. The predicted molar refractivity (Wildman–Crippen MR) is 118 cm³/mol. The quantitative estimate of drug-likeness (QED) is 0.627. The molecule has 2 heterocycles. The highest BCUT2D eigenvalue weighted by atomic mass is 16.5. The van der Waals surface area contributed by atoms with Crippen LogP contribution in [-0.2, 0) is 0 Å². The van der Waals surface area contributed by atoms with Gasteiger partial charge in [-0.15, -0.1) is 0 Å². The van der Waals surface area contributed by atoms with Crippen LogP contribution in [0.4, 0.5) is 11.4 Å². The maximum Gasteiger partial charge on any atom is 0.264 e. The summed E-state index contributed by atoms with van der Waals surface area (Å²) in [5.74, 6) is 0.499. The lowest BCUT2D eigenvalue weighted by Crippen LogP contribution is -2.48. The number of nitrogens with zero attached hydrogens (tertiary/aromatic N) is 2. The number of rotatable bonds is 3. The van der Waals surface area contributed by atoms with Gasteiger partial charge < -0.3 is 9.47 Å². The number of aryl methyl sites for hydroxylation is 2. The first-order chi connectivity index (χ1) is 15.0. The molecule has 0 spiro atoms. The van der Waals surface area contributed by atoms with Gasteiger partial charge in [-0.1, -0.05) is 24.3 Å². The molecule has 0 bridgehead atoms. The molecule has 6 heteroatoms. The smallest absolute Gasteiger partial charge is 0.264 e. The summed E-state index contributed by atoms with van der Waals surface area (Å²) in [5, 5.41) is 0. The van der Waals surface area contributed by atoms with Crippen LogP contribution in [0.1, 0.15) is 43.6 Å². The van der Waals surface area contributed by atoms with Crippen LogP contribution < -0.4 is 19.3 Å². The second-order valence-corrected chi connectivity index (χ2v) is 7.85. The van der Waals surface area contributed by atoms with Crippen molar-refractivity contribution in [3.63, 3.8) is 0 Å². The first-order valence-electron chi connectivity index (χ1n) is 10.1. The molecule has 0 N–H and O–H groups in total. The normalized spacial score (nSPS) is 16.7. The van der Waals surface area contributed by atoms with Crippen molar-refractivity contribution in [3.8, 4) is 11.5 Å². The molecule has 0 fully saturated rings. The van der Waals surface area contributed by atoms with Gasteiger partial charge in [0.25, 0.3) is 11.8 Å². The zero-order chi connectivity index (χ0) is 21.9. The standard InChI is InChI=1S/C25H22N2O4/c1-14-11-15(2)13-16(12-14)26-23-18-9-10-20(30-3)22(31-4)21(18)25(29)27(23)19-8-6-5-7-17(19)24(26)28/h5-13,23H,1-4H3/t23-/m1/s1. The Morgan fingerprint density at radius 3 is 2.19 bits per heavy atom. The molecule has 2 aliphatic heterocycles.